The maximum atomic E-state index is 13.4. The van der Waals surface area contributed by atoms with E-state index in [0.29, 0.717) is 0 Å². The van der Waals surface area contributed by atoms with Crippen LogP contribution in [-0.4, -0.2) is 20.0 Å². The average Bonchev–Trinajstić information content (AvgIpc) is 2.13. The highest BCUT2D eigenvalue weighted by Gasteiger charge is 2.22. The van der Waals surface area contributed by atoms with Crippen LogP contribution in [0, 0.1) is 5.82 Å². The van der Waals surface area contributed by atoms with Crippen molar-refractivity contribution < 1.29 is 22.3 Å². The van der Waals surface area contributed by atoms with Crippen LogP contribution in [0.4, 0.5) is 4.39 Å². The lowest BCUT2D eigenvalue weighted by molar-refractivity contribution is 0.00644. The van der Waals surface area contributed by atoms with Crippen LogP contribution < -0.4 is 5.14 Å². The van der Waals surface area contributed by atoms with Crippen LogP contribution in [-0.2, 0) is 14.8 Å². The van der Waals surface area contributed by atoms with Crippen LogP contribution in [0.15, 0.2) is 23.1 Å². The standard InChI is InChI=1S/C11H14FNO4S/c1-11(2,3)17-10(14)8-6-7(18(13,15)16)4-5-9(8)12/h4-6H,1-3H3,(H2,13,15,16). The van der Waals surface area contributed by atoms with Gasteiger partial charge in [-0.05, 0) is 39.0 Å². The van der Waals surface area contributed by atoms with E-state index in [1.54, 1.807) is 20.8 Å². The Bertz CT molecular complexity index is 575. The van der Waals surface area contributed by atoms with E-state index in [0.717, 1.165) is 18.2 Å². The summed E-state index contributed by atoms with van der Waals surface area (Å²) in [4.78, 5) is 11.3. The number of esters is 1. The number of benzene rings is 1. The monoisotopic (exact) mass is 275 g/mol. The third kappa shape index (κ3) is 3.78. The quantitative estimate of drug-likeness (QED) is 0.827. The summed E-state index contributed by atoms with van der Waals surface area (Å²) in [5, 5.41) is 4.90. The van der Waals surface area contributed by atoms with Gasteiger partial charge in [-0.15, -0.1) is 0 Å². The fourth-order valence-corrected chi connectivity index (χ4v) is 1.71. The number of carbonyl (C=O) groups is 1. The van der Waals surface area contributed by atoms with E-state index in [-0.39, 0.29) is 4.90 Å². The van der Waals surface area contributed by atoms with Gasteiger partial charge in [0.1, 0.15) is 11.4 Å². The van der Waals surface area contributed by atoms with Gasteiger partial charge in [-0.1, -0.05) is 0 Å². The van der Waals surface area contributed by atoms with Crippen molar-refractivity contribution in [1.82, 2.24) is 0 Å². The highest BCUT2D eigenvalue weighted by Crippen LogP contribution is 2.18. The summed E-state index contributed by atoms with van der Waals surface area (Å²) in [6, 6.07) is 2.70. The van der Waals surface area contributed by atoms with Crippen LogP contribution in [0.25, 0.3) is 0 Å². The minimum absolute atomic E-state index is 0.343. The number of rotatable bonds is 2. The molecule has 0 fully saturated rings. The molecule has 2 N–H and O–H groups in total. The van der Waals surface area contributed by atoms with Crippen molar-refractivity contribution in [2.45, 2.75) is 31.3 Å². The Balaban J connectivity index is 3.21. The molecule has 7 heteroatoms. The van der Waals surface area contributed by atoms with E-state index in [9.17, 15) is 17.6 Å². The first-order valence-corrected chi connectivity index (χ1v) is 6.61. The van der Waals surface area contributed by atoms with Crippen LogP contribution >= 0.6 is 0 Å². The second kappa shape index (κ2) is 4.66. The molecule has 0 atom stereocenters. The van der Waals surface area contributed by atoms with E-state index in [4.69, 9.17) is 9.88 Å². The maximum absolute atomic E-state index is 13.4. The largest absolute Gasteiger partial charge is 0.456 e. The summed E-state index contributed by atoms with van der Waals surface area (Å²) in [5.41, 5.74) is -1.27. The Kier molecular flexibility index (Phi) is 3.78. The predicted molar refractivity (Wildman–Crippen MR) is 62.9 cm³/mol. The first-order valence-electron chi connectivity index (χ1n) is 5.06. The zero-order chi connectivity index (χ0) is 14.1. The molecule has 0 spiro atoms. The molecule has 0 bridgehead atoms. The number of hydrogen-bond acceptors (Lipinski definition) is 4. The second-order valence-corrected chi connectivity index (χ2v) is 6.25. The molecule has 5 nitrogen and oxygen atoms in total. The number of ether oxygens (including phenoxy) is 1. The molecule has 0 heterocycles. The molecule has 0 saturated heterocycles. The van der Waals surface area contributed by atoms with Gasteiger partial charge in [0, 0.05) is 0 Å². The van der Waals surface area contributed by atoms with E-state index >= 15 is 0 Å². The van der Waals surface area contributed by atoms with Crippen molar-refractivity contribution in [3.8, 4) is 0 Å². The zero-order valence-corrected chi connectivity index (χ0v) is 11.0. The molecule has 1 rings (SSSR count). The number of primary sulfonamides is 1. The molecule has 1 aromatic carbocycles. The minimum Gasteiger partial charge on any atom is -0.456 e. The van der Waals surface area contributed by atoms with Gasteiger partial charge in [-0.3, -0.25) is 0 Å². The molecule has 0 aromatic heterocycles. The molecule has 18 heavy (non-hydrogen) atoms. The Morgan fingerprint density at radius 2 is 1.89 bits per heavy atom. The first-order chi connectivity index (χ1) is 8.00. The Labute approximate surface area is 105 Å². The fourth-order valence-electron chi connectivity index (χ4n) is 1.17. The lowest BCUT2D eigenvalue weighted by Crippen LogP contribution is -2.25. The average molecular weight is 275 g/mol. The number of halogens is 1. The lowest BCUT2D eigenvalue weighted by atomic mass is 10.1. The van der Waals surface area contributed by atoms with Crippen molar-refractivity contribution in [3.05, 3.63) is 29.6 Å². The van der Waals surface area contributed by atoms with Gasteiger partial charge >= 0.3 is 5.97 Å². The van der Waals surface area contributed by atoms with E-state index in [1.807, 2.05) is 0 Å². The van der Waals surface area contributed by atoms with Crippen LogP contribution in [0.1, 0.15) is 31.1 Å². The van der Waals surface area contributed by atoms with Crippen LogP contribution in [0.2, 0.25) is 0 Å². The first kappa shape index (κ1) is 14.6. The Hall–Kier alpha value is -1.47. The summed E-state index contributed by atoms with van der Waals surface area (Å²) < 4.78 is 40.6. The summed E-state index contributed by atoms with van der Waals surface area (Å²) >= 11 is 0. The third-order valence-electron chi connectivity index (χ3n) is 1.89. The van der Waals surface area contributed by atoms with Gasteiger partial charge in [-0.25, -0.2) is 22.7 Å². The van der Waals surface area contributed by atoms with Crippen molar-refractivity contribution in [2.75, 3.05) is 0 Å². The highest BCUT2D eigenvalue weighted by atomic mass is 32.2. The van der Waals surface area contributed by atoms with E-state index in [2.05, 4.69) is 0 Å². The van der Waals surface area contributed by atoms with Crippen LogP contribution in [0.5, 0.6) is 0 Å². The molecule has 1 aromatic rings. The molecule has 0 aliphatic carbocycles. The number of nitrogens with two attached hydrogens (primary N) is 1. The van der Waals surface area contributed by atoms with Gasteiger partial charge in [0.2, 0.25) is 10.0 Å². The molecule has 100 valence electrons. The van der Waals surface area contributed by atoms with Gasteiger partial charge in [0.25, 0.3) is 0 Å². The molecule has 0 aliphatic rings. The van der Waals surface area contributed by atoms with Crippen molar-refractivity contribution in [3.63, 3.8) is 0 Å². The van der Waals surface area contributed by atoms with E-state index < -0.39 is 33.0 Å². The normalized spacial score (nSPS) is 12.3. The molecule has 0 aliphatic heterocycles. The summed E-state index contributed by atoms with van der Waals surface area (Å²) in [7, 11) is -3.99. The van der Waals surface area contributed by atoms with Gasteiger partial charge in [0.05, 0.1) is 10.5 Å². The summed E-state index contributed by atoms with van der Waals surface area (Å²) in [6.07, 6.45) is 0. The second-order valence-electron chi connectivity index (χ2n) is 4.69. The topological polar surface area (TPSA) is 86.5 Å². The molecular formula is C11H14FNO4S. The molecule has 0 unspecified atom stereocenters. The smallest absolute Gasteiger partial charge is 0.341 e. The van der Waals surface area contributed by atoms with E-state index in [1.165, 1.54) is 0 Å². The van der Waals surface area contributed by atoms with Crippen molar-refractivity contribution >= 4 is 16.0 Å². The number of hydrogen-bond donors (Lipinski definition) is 1. The summed E-state index contributed by atoms with van der Waals surface area (Å²) in [6.45, 7) is 4.85. The summed E-state index contributed by atoms with van der Waals surface area (Å²) in [5.74, 6) is -1.80. The number of carbonyl (C=O) groups excluding carboxylic acids is 1. The fraction of sp³-hybridized carbons (Fsp3) is 0.364. The Morgan fingerprint density at radius 1 is 1.33 bits per heavy atom. The lowest BCUT2D eigenvalue weighted by Gasteiger charge is -2.19. The molecule has 0 radical (unpaired) electrons. The minimum atomic E-state index is -3.99. The highest BCUT2D eigenvalue weighted by molar-refractivity contribution is 7.89. The Morgan fingerprint density at radius 3 is 2.33 bits per heavy atom. The molecule has 0 saturated carbocycles. The third-order valence-corrected chi connectivity index (χ3v) is 2.80. The number of sulfonamides is 1. The molecule has 0 amide bonds. The van der Waals surface area contributed by atoms with Crippen LogP contribution in [0.3, 0.4) is 0 Å². The van der Waals surface area contributed by atoms with Crippen molar-refractivity contribution in [2.24, 2.45) is 5.14 Å². The van der Waals surface area contributed by atoms with Gasteiger partial charge < -0.3 is 4.74 Å². The maximum Gasteiger partial charge on any atom is 0.341 e. The SMILES string of the molecule is CC(C)(C)OC(=O)c1cc(S(N)(=O)=O)ccc1F. The van der Waals surface area contributed by atoms with Crippen molar-refractivity contribution in [1.29, 1.82) is 0 Å². The zero-order valence-electron chi connectivity index (χ0n) is 10.2. The van der Waals surface area contributed by atoms with Gasteiger partial charge in [0.15, 0.2) is 0 Å². The van der Waals surface area contributed by atoms with Gasteiger partial charge in [-0.2, -0.15) is 0 Å². The predicted octanol–water partition coefficient (Wildman–Crippen LogP) is 1.43. The molecular weight excluding hydrogens is 261 g/mol.